The Labute approximate surface area is 266 Å². The summed E-state index contributed by atoms with van der Waals surface area (Å²) in [7, 11) is 0. The molecule has 3 heterocycles. The Morgan fingerprint density at radius 3 is 2.50 bits per heavy atom. The highest BCUT2D eigenvalue weighted by atomic mass is 32.1. The second kappa shape index (κ2) is 12.2. The molecular weight excluding hydrogens is 625 g/mol. The van der Waals surface area contributed by atoms with Gasteiger partial charge in [-0.1, -0.05) is 23.5 Å². The van der Waals surface area contributed by atoms with Crippen LogP contribution in [-0.4, -0.2) is 55.4 Å². The third kappa shape index (κ3) is 7.03. The summed E-state index contributed by atoms with van der Waals surface area (Å²) in [5.74, 6) is -0.567. The second-order valence-electron chi connectivity index (χ2n) is 11.9. The zero-order valence-corrected chi connectivity index (χ0v) is 26.4. The number of benzene rings is 2. The normalized spacial score (nSPS) is 16.7. The molecule has 5 rings (SSSR count). The third-order valence-electron chi connectivity index (χ3n) is 7.14. The van der Waals surface area contributed by atoms with Gasteiger partial charge in [-0.15, -0.1) is 0 Å². The second-order valence-corrected chi connectivity index (χ2v) is 12.9. The van der Waals surface area contributed by atoms with E-state index in [0.29, 0.717) is 22.8 Å². The van der Waals surface area contributed by atoms with Gasteiger partial charge in [-0.05, 0) is 64.8 Å². The molecule has 1 fully saturated rings. The van der Waals surface area contributed by atoms with E-state index in [2.05, 4.69) is 25.6 Å². The Hall–Kier alpha value is -4.79. The average molecular weight is 657 g/mol. The maximum Gasteiger partial charge on any atom is 0.416 e. The highest BCUT2D eigenvalue weighted by Gasteiger charge is 2.47. The van der Waals surface area contributed by atoms with E-state index in [1.807, 2.05) is 6.07 Å². The molecule has 0 aliphatic carbocycles. The number of nitrogens with one attached hydrogen (secondary N) is 2. The number of amides is 3. The monoisotopic (exact) mass is 656 g/mol. The highest BCUT2D eigenvalue weighted by molar-refractivity contribution is 7.22. The quantitative estimate of drug-likeness (QED) is 0.222. The van der Waals surface area contributed by atoms with Crippen LogP contribution in [0.5, 0.6) is 11.6 Å². The molecule has 15 heteroatoms. The summed E-state index contributed by atoms with van der Waals surface area (Å²) >= 11 is 1.26. The van der Waals surface area contributed by atoms with E-state index in [1.165, 1.54) is 41.6 Å². The van der Waals surface area contributed by atoms with Crippen molar-refractivity contribution >= 4 is 50.3 Å². The Kier molecular flexibility index (Phi) is 8.64. The Bertz CT molecular complexity index is 1820. The first-order valence-corrected chi connectivity index (χ1v) is 15.1. The molecule has 0 spiro atoms. The number of halogens is 3. The largest absolute Gasteiger partial charge is 0.444 e. The van der Waals surface area contributed by atoms with Crippen molar-refractivity contribution in [2.45, 2.75) is 64.8 Å². The first kappa shape index (κ1) is 32.6. The zero-order chi connectivity index (χ0) is 33.4. The minimum absolute atomic E-state index is 0.0580. The molecule has 1 aliphatic heterocycles. The number of ether oxygens (including phenoxy) is 2. The van der Waals surface area contributed by atoms with Gasteiger partial charge in [-0.2, -0.15) is 13.2 Å². The van der Waals surface area contributed by atoms with E-state index in [0.717, 1.165) is 16.8 Å². The summed E-state index contributed by atoms with van der Waals surface area (Å²) in [5, 5.41) is 5.65. The summed E-state index contributed by atoms with van der Waals surface area (Å²) in [4.78, 5) is 52.3. The van der Waals surface area contributed by atoms with Crippen LogP contribution in [0.4, 0.5) is 28.8 Å². The van der Waals surface area contributed by atoms with Gasteiger partial charge in [0.1, 0.15) is 23.0 Å². The number of hydrogen-bond donors (Lipinski definition) is 2. The molecule has 2 aromatic heterocycles. The van der Waals surface area contributed by atoms with Gasteiger partial charge in [0.05, 0.1) is 21.6 Å². The fraction of sp³-hybridized carbons (Fsp3) is 0.355. The number of fused-ring (bicyclic) bond motifs is 1. The van der Waals surface area contributed by atoms with E-state index in [1.54, 1.807) is 39.8 Å². The van der Waals surface area contributed by atoms with Crippen molar-refractivity contribution in [2.24, 2.45) is 0 Å². The van der Waals surface area contributed by atoms with Crippen molar-refractivity contribution in [1.82, 2.24) is 19.9 Å². The maximum absolute atomic E-state index is 13.8. The number of hydrogen-bond acceptors (Lipinski definition) is 9. The van der Waals surface area contributed by atoms with E-state index in [4.69, 9.17) is 9.47 Å². The topological polar surface area (TPSA) is 136 Å². The Morgan fingerprint density at radius 2 is 1.80 bits per heavy atom. The number of carbonyl (C=O) groups excluding carboxylic acids is 3. The summed E-state index contributed by atoms with van der Waals surface area (Å²) in [6.07, 6.45) is -3.42. The van der Waals surface area contributed by atoms with Crippen molar-refractivity contribution in [3.63, 3.8) is 0 Å². The molecule has 1 unspecified atom stereocenters. The van der Waals surface area contributed by atoms with Gasteiger partial charge in [0, 0.05) is 25.1 Å². The number of para-hydroxylation sites is 1. The number of rotatable bonds is 6. The molecule has 1 saturated heterocycles. The minimum atomic E-state index is -4.69. The first-order valence-electron chi connectivity index (χ1n) is 14.2. The molecule has 11 nitrogen and oxygen atoms in total. The number of aromatic nitrogens is 3. The highest BCUT2D eigenvalue weighted by Crippen LogP contribution is 2.39. The summed E-state index contributed by atoms with van der Waals surface area (Å²) < 4.78 is 53.6. The van der Waals surface area contributed by atoms with Gasteiger partial charge in [0.15, 0.2) is 10.9 Å². The molecule has 3 amide bonds. The van der Waals surface area contributed by atoms with Crippen LogP contribution in [0, 0.1) is 0 Å². The van der Waals surface area contributed by atoms with Crippen molar-refractivity contribution in [2.75, 3.05) is 17.2 Å². The molecule has 0 bridgehead atoms. The van der Waals surface area contributed by atoms with Crippen LogP contribution < -0.4 is 15.4 Å². The molecule has 0 saturated carbocycles. The lowest BCUT2D eigenvalue weighted by Gasteiger charge is -2.35. The zero-order valence-electron chi connectivity index (χ0n) is 25.6. The van der Waals surface area contributed by atoms with Crippen LogP contribution in [0.15, 0.2) is 48.8 Å². The van der Waals surface area contributed by atoms with Crippen molar-refractivity contribution in [3.8, 4) is 22.9 Å². The number of nitrogens with zero attached hydrogens (tertiary/aromatic N) is 4. The molecule has 242 valence electrons. The Morgan fingerprint density at radius 1 is 1.04 bits per heavy atom. The van der Waals surface area contributed by atoms with E-state index >= 15 is 0 Å². The lowest BCUT2D eigenvalue weighted by Crippen LogP contribution is -2.54. The molecule has 4 aromatic rings. The fourth-order valence-electron chi connectivity index (χ4n) is 4.98. The number of alkyl halides is 3. The maximum atomic E-state index is 13.8. The van der Waals surface area contributed by atoms with E-state index in [9.17, 15) is 27.6 Å². The third-order valence-corrected chi connectivity index (χ3v) is 8.07. The van der Waals surface area contributed by atoms with Crippen LogP contribution >= 0.6 is 11.3 Å². The van der Waals surface area contributed by atoms with Gasteiger partial charge in [-0.25, -0.2) is 19.7 Å². The van der Waals surface area contributed by atoms with Crippen molar-refractivity contribution in [3.05, 3.63) is 54.4 Å². The molecule has 0 radical (unpaired) electrons. The Balaban J connectivity index is 1.48. The lowest BCUT2D eigenvalue weighted by atomic mass is 9.97. The van der Waals surface area contributed by atoms with Gasteiger partial charge in [0.25, 0.3) is 0 Å². The van der Waals surface area contributed by atoms with Crippen LogP contribution in [0.3, 0.4) is 0 Å². The molecular formula is C31H31F3N6O5S. The predicted octanol–water partition coefficient (Wildman–Crippen LogP) is 7.25. The average Bonchev–Trinajstić information content (AvgIpc) is 3.56. The van der Waals surface area contributed by atoms with Crippen LogP contribution in [0.2, 0.25) is 0 Å². The molecule has 1 atom stereocenters. The van der Waals surface area contributed by atoms with Gasteiger partial charge < -0.3 is 20.1 Å². The summed E-state index contributed by atoms with van der Waals surface area (Å²) in [6, 6.07) is 9.54. The fourth-order valence-corrected chi connectivity index (χ4v) is 5.91. The van der Waals surface area contributed by atoms with Crippen molar-refractivity contribution < 1.29 is 37.0 Å². The van der Waals surface area contributed by atoms with Gasteiger partial charge >= 0.3 is 12.3 Å². The smallest absolute Gasteiger partial charge is 0.416 e. The lowest BCUT2D eigenvalue weighted by molar-refractivity contribution is -0.137. The van der Waals surface area contributed by atoms with Crippen molar-refractivity contribution in [1.29, 1.82) is 0 Å². The molecule has 1 aliphatic rings. The molecule has 2 aromatic carbocycles. The number of carbonyl (C=O) groups is 3. The number of thiazole rings is 1. The molecule has 2 N–H and O–H groups in total. The SMILES string of the molecule is CC(=O)Nc1nc2c(Oc3cc(-c4ccc(C(F)(F)F)cc4NC(=O)C4(C)CCCN4C(=O)OC(C)(C)C)ncn3)cccc2s1. The van der Waals surface area contributed by atoms with E-state index in [-0.39, 0.29) is 41.7 Å². The molecule has 46 heavy (non-hydrogen) atoms. The van der Waals surface area contributed by atoms with Crippen LogP contribution in [-0.2, 0) is 20.5 Å². The van der Waals surface area contributed by atoms with Gasteiger partial charge in [-0.3, -0.25) is 14.5 Å². The number of anilines is 2. The standard InChI is InChI=1S/C31H31F3N6O5S/c1-17(41)37-27-39-25-22(8-6-9-23(25)46-27)44-24-15-20(35-16-36-24)19-11-10-18(31(32,33)34)14-21(19)38-26(42)30(5)12-7-13-40(30)28(43)45-29(2,3)4/h6,8-11,14-16H,7,12-13H2,1-5H3,(H,38,42)(H,37,39,41). The van der Waals surface area contributed by atoms with E-state index < -0.39 is 34.9 Å². The first-order chi connectivity index (χ1) is 21.5. The number of likely N-dealkylation sites (tertiary alicyclic amines) is 1. The predicted molar refractivity (Wildman–Crippen MR) is 166 cm³/mol. The summed E-state index contributed by atoms with van der Waals surface area (Å²) in [6.45, 7) is 8.28. The van der Waals surface area contributed by atoms with Crippen LogP contribution in [0.1, 0.15) is 53.0 Å². The summed E-state index contributed by atoms with van der Waals surface area (Å²) in [5.41, 5.74) is -2.53. The minimum Gasteiger partial charge on any atom is -0.444 e. The van der Waals surface area contributed by atoms with Gasteiger partial charge in [0.2, 0.25) is 17.7 Å². The van der Waals surface area contributed by atoms with Crippen LogP contribution in [0.25, 0.3) is 21.5 Å².